The summed E-state index contributed by atoms with van der Waals surface area (Å²) in [5.41, 5.74) is 2.52. The van der Waals surface area contributed by atoms with Gasteiger partial charge in [-0.1, -0.05) is 6.07 Å². The number of ether oxygens (including phenoxy) is 1. The molecular formula is C20H15N5O2S. The third-order valence-corrected chi connectivity index (χ3v) is 4.79. The van der Waals surface area contributed by atoms with Gasteiger partial charge in [0.2, 0.25) is 0 Å². The maximum Gasteiger partial charge on any atom is 0.137 e. The van der Waals surface area contributed by atoms with Gasteiger partial charge in [0.1, 0.15) is 29.5 Å². The van der Waals surface area contributed by atoms with E-state index in [4.69, 9.17) is 9.84 Å². The number of aliphatic hydroxyl groups is 1. The quantitative estimate of drug-likeness (QED) is 0.613. The maximum atomic E-state index is 9.74. The molecule has 0 atom stereocenters. The van der Waals surface area contributed by atoms with Crippen LogP contribution in [0.2, 0.25) is 0 Å². The molecule has 3 aromatic heterocycles. The summed E-state index contributed by atoms with van der Waals surface area (Å²) in [4.78, 5) is 12.7. The van der Waals surface area contributed by atoms with E-state index in [-0.39, 0.29) is 18.8 Å². The summed E-state index contributed by atoms with van der Waals surface area (Å²) in [5.74, 6) is 1.09. The van der Waals surface area contributed by atoms with Gasteiger partial charge < -0.3 is 9.84 Å². The second kappa shape index (κ2) is 9.47. The molecule has 0 spiro atoms. The zero-order valence-electron chi connectivity index (χ0n) is 14.7. The third kappa shape index (κ3) is 4.44. The molecule has 0 bridgehead atoms. The lowest BCUT2D eigenvalue weighted by Crippen LogP contribution is -2.02. The van der Waals surface area contributed by atoms with Crippen molar-refractivity contribution in [2.24, 2.45) is 0 Å². The molecule has 0 radical (unpaired) electrons. The molecule has 0 aliphatic carbocycles. The number of aliphatic hydroxyl groups excluding tert-OH is 1. The first-order chi connectivity index (χ1) is 13.8. The van der Waals surface area contributed by atoms with E-state index in [0.29, 0.717) is 33.3 Å². The number of pyridine rings is 3. The normalized spacial score (nSPS) is 10.1. The lowest BCUT2D eigenvalue weighted by Gasteiger charge is -2.11. The van der Waals surface area contributed by atoms with Crippen molar-refractivity contribution in [3.05, 3.63) is 65.7 Å². The Morgan fingerprint density at radius 1 is 1.07 bits per heavy atom. The minimum absolute atomic E-state index is 0.0964. The number of aromatic nitrogens is 3. The van der Waals surface area contributed by atoms with E-state index in [1.807, 2.05) is 12.1 Å². The fourth-order valence-electron chi connectivity index (χ4n) is 2.47. The Morgan fingerprint density at radius 3 is 2.61 bits per heavy atom. The average Bonchev–Trinajstić information content (AvgIpc) is 2.76. The van der Waals surface area contributed by atoms with Crippen molar-refractivity contribution in [3.63, 3.8) is 0 Å². The Kier molecular flexibility index (Phi) is 6.53. The van der Waals surface area contributed by atoms with Gasteiger partial charge in [-0.3, -0.25) is 9.97 Å². The monoisotopic (exact) mass is 389 g/mol. The van der Waals surface area contributed by atoms with Gasteiger partial charge in [-0.05, 0) is 23.8 Å². The van der Waals surface area contributed by atoms with Gasteiger partial charge in [-0.2, -0.15) is 10.5 Å². The molecule has 8 heteroatoms. The Balaban J connectivity index is 1.95. The predicted octanol–water partition coefficient (Wildman–Crippen LogP) is 2.95. The molecule has 28 heavy (non-hydrogen) atoms. The first-order valence-corrected chi connectivity index (χ1v) is 9.30. The fraction of sp³-hybridized carbons (Fsp3) is 0.150. The van der Waals surface area contributed by atoms with Crippen LogP contribution >= 0.6 is 11.8 Å². The minimum Gasteiger partial charge on any atom is -0.490 e. The van der Waals surface area contributed by atoms with E-state index < -0.39 is 0 Å². The van der Waals surface area contributed by atoms with Crippen molar-refractivity contribution in [2.45, 2.75) is 10.8 Å². The second-order valence-corrected chi connectivity index (χ2v) is 6.52. The largest absolute Gasteiger partial charge is 0.490 e. The molecule has 3 aromatic rings. The summed E-state index contributed by atoms with van der Waals surface area (Å²) in [6.45, 7) is 0.0685. The first kappa shape index (κ1) is 19.3. The molecule has 0 unspecified atom stereocenters. The molecule has 0 saturated heterocycles. The smallest absolute Gasteiger partial charge is 0.137 e. The van der Waals surface area contributed by atoms with Crippen molar-refractivity contribution in [1.82, 2.24) is 15.0 Å². The van der Waals surface area contributed by atoms with Crippen LogP contribution < -0.4 is 4.74 Å². The van der Waals surface area contributed by atoms with Crippen LogP contribution in [0.25, 0.3) is 11.3 Å². The Morgan fingerprint density at radius 2 is 1.96 bits per heavy atom. The molecule has 0 saturated carbocycles. The summed E-state index contributed by atoms with van der Waals surface area (Å²) in [6.07, 6.45) is 6.42. The molecule has 3 rings (SSSR count). The van der Waals surface area contributed by atoms with E-state index in [1.54, 1.807) is 24.5 Å². The molecule has 0 fully saturated rings. The van der Waals surface area contributed by atoms with Crippen molar-refractivity contribution >= 4 is 11.8 Å². The first-order valence-electron chi connectivity index (χ1n) is 8.31. The highest BCUT2D eigenvalue weighted by Crippen LogP contribution is 2.33. The highest BCUT2D eigenvalue weighted by molar-refractivity contribution is 7.98. The van der Waals surface area contributed by atoms with E-state index in [1.165, 1.54) is 24.2 Å². The van der Waals surface area contributed by atoms with Gasteiger partial charge in [0.25, 0.3) is 0 Å². The van der Waals surface area contributed by atoms with Crippen LogP contribution in [0.15, 0.2) is 54.1 Å². The van der Waals surface area contributed by atoms with E-state index in [2.05, 4.69) is 27.1 Å². The summed E-state index contributed by atoms with van der Waals surface area (Å²) in [6, 6.07) is 11.4. The summed E-state index contributed by atoms with van der Waals surface area (Å²) in [7, 11) is 0. The van der Waals surface area contributed by atoms with Gasteiger partial charge in [0.15, 0.2) is 0 Å². The number of thioether (sulfide) groups is 1. The number of nitriles is 2. The number of hydrogen-bond acceptors (Lipinski definition) is 8. The van der Waals surface area contributed by atoms with Gasteiger partial charge >= 0.3 is 0 Å². The Labute approximate surface area is 166 Å². The molecule has 7 nitrogen and oxygen atoms in total. The second-order valence-electron chi connectivity index (χ2n) is 5.55. The zero-order chi connectivity index (χ0) is 19.8. The fourth-order valence-corrected chi connectivity index (χ4v) is 3.36. The molecule has 0 amide bonds. The van der Waals surface area contributed by atoms with Crippen LogP contribution in [0.1, 0.15) is 16.7 Å². The van der Waals surface area contributed by atoms with Crippen molar-refractivity contribution in [2.75, 3.05) is 13.2 Å². The summed E-state index contributed by atoms with van der Waals surface area (Å²) >= 11 is 1.40. The number of rotatable bonds is 7. The van der Waals surface area contributed by atoms with Crippen LogP contribution in [0.5, 0.6) is 5.75 Å². The summed E-state index contributed by atoms with van der Waals surface area (Å²) < 4.78 is 5.31. The summed E-state index contributed by atoms with van der Waals surface area (Å²) in [5, 5.41) is 28.6. The lowest BCUT2D eigenvalue weighted by atomic mass is 10.0. The average molecular weight is 389 g/mol. The van der Waals surface area contributed by atoms with Gasteiger partial charge in [0.05, 0.1) is 29.6 Å². The van der Waals surface area contributed by atoms with Crippen molar-refractivity contribution in [3.8, 4) is 29.1 Å². The van der Waals surface area contributed by atoms with Gasteiger partial charge in [0, 0.05) is 29.9 Å². The van der Waals surface area contributed by atoms with E-state index in [0.717, 1.165) is 5.56 Å². The van der Waals surface area contributed by atoms with Gasteiger partial charge in [-0.15, -0.1) is 11.8 Å². The maximum absolute atomic E-state index is 9.74. The third-order valence-electron chi connectivity index (χ3n) is 3.73. The van der Waals surface area contributed by atoms with Crippen LogP contribution in [0.4, 0.5) is 0 Å². The SMILES string of the molecule is N#Cc1cnc(SCc2cccnc2)c(C#N)c1-c1ccc(OCCO)cn1. The predicted molar refractivity (Wildman–Crippen MR) is 103 cm³/mol. The van der Waals surface area contributed by atoms with Crippen molar-refractivity contribution in [1.29, 1.82) is 10.5 Å². The van der Waals surface area contributed by atoms with E-state index in [9.17, 15) is 10.5 Å². The van der Waals surface area contributed by atoms with Crippen LogP contribution in [-0.2, 0) is 5.75 Å². The van der Waals surface area contributed by atoms with Crippen LogP contribution in [-0.4, -0.2) is 33.3 Å². The molecule has 0 aromatic carbocycles. The molecule has 1 N–H and O–H groups in total. The van der Waals surface area contributed by atoms with Crippen LogP contribution in [0, 0.1) is 22.7 Å². The highest BCUT2D eigenvalue weighted by Gasteiger charge is 2.18. The number of hydrogen-bond donors (Lipinski definition) is 1. The minimum atomic E-state index is -0.0964. The lowest BCUT2D eigenvalue weighted by molar-refractivity contribution is 0.201. The molecular weight excluding hydrogens is 374 g/mol. The van der Waals surface area contributed by atoms with Crippen LogP contribution in [0.3, 0.4) is 0 Å². The number of nitrogens with zero attached hydrogens (tertiary/aromatic N) is 5. The zero-order valence-corrected chi connectivity index (χ0v) is 15.6. The highest BCUT2D eigenvalue weighted by atomic mass is 32.2. The molecule has 138 valence electrons. The molecule has 0 aliphatic heterocycles. The Bertz CT molecular complexity index is 1030. The topological polar surface area (TPSA) is 116 Å². The van der Waals surface area contributed by atoms with Crippen molar-refractivity contribution < 1.29 is 9.84 Å². The Hall–Kier alpha value is -3.46. The molecule has 3 heterocycles. The van der Waals surface area contributed by atoms with Gasteiger partial charge in [-0.25, -0.2) is 4.98 Å². The standard InChI is InChI=1S/C20H15N5O2S/c21-8-15-11-25-20(28-13-14-2-1-5-23-10-14)17(9-22)19(15)18-4-3-16(12-24-18)27-7-6-26/h1-5,10-12,26H,6-7,13H2. The molecule has 0 aliphatic rings. The van der Waals surface area contributed by atoms with E-state index >= 15 is 0 Å².